The minimum absolute atomic E-state index is 0.283. The fourth-order valence-electron chi connectivity index (χ4n) is 2.22. The molecule has 1 aliphatic heterocycles. The van der Waals surface area contributed by atoms with Gasteiger partial charge in [0.2, 0.25) is 5.72 Å². The second kappa shape index (κ2) is 4.93. The van der Waals surface area contributed by atoms with Crippen molar-refractivity contribution in [2.45, 2.75) is 45.4 Å². The van der Waals surface area contributed by atoms with Crippen LogP contribution in [0.5, 0.6) is 0 Å². The van der Waals surface area contributed by atoms with E-state index < -0.39 is 24.1 Å². The maximum absolute atomic E-state index is 13.1. The van der Waals surface area contributed by atoms with Gasteiger partial charge < -0.3 is 5.11 Å². The van der Waals surface area contributed by atoms with Gasteiger partial charge in [0.1, 0.15) is 6.04 Å². The molecule has 0 spiro atoms. The molecule has 0 unspecified atom stereocenters. The summed E-state index contributed by atoms with van der Waals surface area (Å²) in [6, 6.07) is 0.867. The summed E-state index contributed by atoms with van der Waals surface area (Å²) < 4.78 is 27.5. The van der Waals surface area contributed by atoms with Crippen molar-refractivity contribution in [3.63, 3.8) is 0 Å². The number of amides is 1. The summed E-state index contributed by atoms with van der Waals surface area (Å²) in [6.45, 7) is 4.76. The number of halogens is 2. The van der Waals surface area contributed by atoms with Gasteiger partial charge >= 0.3 is 0 Å². The number of carbonyl (C=O) groups is 1. The van der Waals surface area contributed by atoms with E-state index in [1.54, 1.807) is 13.0 Å². The van der Waals surface area contributed by atoms with Crippen molar-refractivity contribution < 1.29 is 18.7 Å². The van der Waals surface area contributed by atoms with Gasteiger partial charge in [-0.2, -0.15) is 15.2 Å². The van der Waals surface area contributed by atoms with Crippen molar-refractivity contribution in [2.24, 2.45) is 5.10 Å². The van der Waals surface area contributed by atoms with E-state index in [1.165, 1.54) is 24.7 Å². The number of hydrogen-bond donors (Lipinski definition) is 1. The maximum atomic E-state index is 13.1. The molecule has 1 amide bonds. The first-order chi connectivity index (χ1) is 9.27. The lowest BCUT2D eigenvalue weighted by Crippen LogP contribution is -2.53. The van der Waals surface area contributed by atoms with Crippen LogP contribution in [0.2, 0.25) is 0 Å². The van der Waals surface area contributed by atoms with E-state index in [-0.39, 0.29) is 12.1 Å². The Balaban J connectivity index is 2.30. The molecule has 0 aromatic carbocycles. The van der Waals surface area contributed by atoms with E-state index in [1.807, 2.05) is 0 Å². The lowest BCUT2D eigenvalue weighted by atomic mass is 10.1. The van der Waals surface area contributed by atoms with Crippen molar-refractivity contribution in [1.82, 2.24) is 14.8 Å². The number of alkyl halides is 2. The number of aliphatic hydroxyl groups is 1. The third-order valence-corrected chi connectivity index (χ3v) is 3.30. The van der Waals surface area contributed by atoms with E-state index >= 15 is 0 Å². The maximum Gasteiger partial charge on any atom is 0.287 e. The predicted molar refractivity (Wildman–Crippen MR) is 67.2 cm³/mol. The highest BCUT2D eigenvalue weighted by Gasteiger charge is 2.51. The molecule has 20 heavy (non-hydrogen) atoms. The van der Waals surface area contributed by atoms with Gasteiger partial charge in [0, 0.05) is 24.0 Å². The van der Waals surface area contributed by atoms with Crippen LogP contribution >= 0.6 is 0 Å². The highest BCUT2D eigenvalue weighted by molar-refractivity contribution is 5.90. The zero-order valence-electron chi connectivity index (χ0n) is 11.4. The fraction of sp³-hybridized carbons (Fsp3) is 0.583. The first-order valence-corrected chi connectivity index (χ1v) is 6.16. The summed E-state index contributed by atoms with van der Waals surface area (Å²) in [5, 5.41) is 18.2. The minimum Gasteiger partial charge on any atom is -0.364 e. The van der Waals surface area contributed by atoms with Crippen molar-refractivity contribution >= 4 is 11.6 Å². The van der Waals surface area contributed by atoms with Crippen LogP contribution in [0.1, 0.15) is 32.0 Å². The van der Waals surface area contributed by atoms with Crippen LogP contribution in [0.25, 0.3) is 0 Å². The molecule has 1 aliphatic rings. The second-order valence-electron chi connectivity index (χ2n) is 4.93. The smallest absolute Gasteiger partial charge is 0.287 e. The molecule has 0 bridgehead atoms. The minimum atomic E-state index is -3.10. The molecule has 0 radical (unpaired) electrons. The predicted octanol–water partition coefficient (Wildman–Crippen LogP) is 1.31. The zero-order chi connectivity index (χ0) is 15.1. The van der Waals surface area contributed by atoms with Crippen molar-refractivity contribution in [1.29, 1.82) is 0 Å². The summed E-state index contributed by atoms with van der Waals surface area (Å²) in [6.07, 6.45) is -1.95. The van der Waals surface area contributed by atoms with Crippen molar-refractivity contribution in [3.8, 4) is 0 Å². The van der Waals surface area contributed by atoms with Gasteiger partial charge in [0.05, 0.1) is 0 Å². The van der Waals surface area contributed by atoms with Gasteiger partial charge in [-0.05, 0) is 26.8 Å². The van der Waals surface area contributed by atoms with Crippen molar-refractivity contribution in [3.05, 3.63) is 18.0 Å². The van der Waals surface area contributed by atoms with Crippen LogP contribution < -0.4 is 0 Å². The van der Waals surface area contributed by atoms with Crippen LogP contribution in [0, 0.1) is 6.92 Å². The molecule has 0 aliphatic carbocycles. The number of nitrogens with zero attached hydrogens (tertiary/aromatic N) is 4. The summed E-state index contributed by atoms with van der Waals surface area (Å²) in [4.78, 5) is 12.3. The molecule has 1 aromatic heterocycles. The first-order valence-electron chi connectivity index (χ1n) is 6.16. The molecule has 0 saturated heterocycles. The van der Waals surface area contributed by atoms with E-state index in [9.17, 15) is 18.7 Å². The molecule has 2 heterocycles. The molecule has 1 N–H and O–H groups in total. The Morgan fingerprint density at radius 3 is 2.65 bits per heavy atom. The monoisotopic (exact) mass is 286 g/mol. The van der Waals surface area contributed by atoms with Crippen LogP contribution in [0.4, 0.5) is 8.78 Å². The number of carbonyl (C=O) groups excluding carboxylic acids is 1. The highest BCUT2D eigenvalue weighted by Crippen LogP contribution is 2.33. The SMILES string of the molecule is CC1=NN(C(=O)[C@@H](C)n2nccc2C)[C@@](O)(C(F)F)C1. The van der Waals surface area contributed by atoms with Gasteiger partial charge in [-0.1, -0.05) is 0 Å². The molecule has 0 saturated carbocycles. The highest BCUT2D eigenvalue weighted by atomic mass is 19.3. The Hall–Kier alpha value is -1.83. The second-order valence-corrected chi connectivity index (χ2v) is 4.93. The van der Waals surface area contributed by atoms with Crippen LogP contribution in [0.3, 0.4) is 0 Å². The molecule has 6 nitrogen and oxygen atoms in total. The molecule has 2 rings (SSSR count). The summed E-state index contributed by atoms with van der Waals surface area (Å²) >= 11 is 0. The lowest BCUT2D eigenvalue weighted by molar-refractivity contribution is -0.194. The van der Waals surface area contributed by atoms with Crippen LogP contribution in [0.15, 0.2) is 17.4 Å². The van der Waals surface area contributed by atoms with Crippen LogP contribution in [-0.2, 0) is 4.79 Å². The standard InChI is InChI=1S/C12H16F2N4O2/c1-7-6-12(20,11(13)14)18(16-7)10(19)9(3)17-8(2)4-5-15-17/h4-5,9,11,20H,6H2,1-3H3/t9-,12+/m1/s1. The van der Waals surface area contributed by atoms with Gasteiger partial charge in [-0.3, -0.25) is 9.48 Å². The topological polar surface area (TPSA) is 70.7 Å². The van der Waals surface area contributed by atoms with Gasteiger partial charge in [-0.25, -0.2) is 8.78 Å². The van der Waals surface area contributed by atoms with Crippen LogP contribution in [-0.4, -0.2) is 43.7 Å². The fourth-order valence-corrected chi connectivity index (χ4v) is 2.22. The lowest BCUT2D eigenvalue weighted by Gasteiger charge is -2.31. The Kier molecular flexibility index (Phi) is 3.59. The number of aryl methyl sites for hydroxylation is 1. The number of aromatic nitrogens is 2. The Labute approximate surface area is 114 Å². The molecular formula is C12H16F2N4O2. The third-order valence-electron chi connectivity index (χ3n) is 3.30. The Bertz CT molecular complexity index is 557. The van der Waals surface area contributed by atoms with Gasteiger partial charge in [-0.15, -0.1) is 0 Å². The third kappa shape index (κ3) is 2.20. The van der Waals surface area contributed by atoms with E-state index in [0.29, 0.717) is 10.7 Å². The molecule has 1 aromatic rings. The van der Waals surface area contributed by atoms with E-state index in [0.717, 1.165) is 0 Å². The zero-order valence-corrected chi connectivity index (χ0v) is 11.4. The number of hydrogen-bond acceptors (Lipinski definition) is 4. The molecule has 2 atom stereocenters. The van der Waals surface area contributed by atoms with E-state index in [2.05, 4.69) is 10.2 Å². The number of rotatable bonds is 3. The summed E-state index contributed by atoms with van der Waals surface area (Å²) in [7, 11) is 0. The number of hydrazone groups is 1. The normalized spacial score (nSPS) is 24.1. The molecule has 8 heteroatoms. The van der Waals surface area contributed by atoms with Gasteiger partial charge in [0.25, 0.3) is 12.3 Å². The Morgan fingerprint density at radius 1 is 1.50 bits per heavy atom. The molecule has 0 fully saturated rings. The average Bonchev–Trinajstić information content (AvgIpc) is 2.92. The quantitative estimate of drug-likeness (QED) is 0.910. The first kappa shape index (κ1) is 14.6. The summed E-state index contributed by atoms with van der Waals surface area (Å²) in [5.41, 5.74) is -1.58. The van der Waals surface area contributed by atoms with Crippen molar-refractivity contribution in [2.75, 3.05) is 0 Å². The molecule has 110 valence electrons. The average molecular weight is 286 g/mol. The molecular weight excluding hydrogens is 270 g/mol. The summed E-state index contributed by atoms with van der Waals surface area (Å²) in [5.74, 6) is -0.726. The van der Waals surface area contributed by atoms with E-state index in [4.69, 9.17) is 0 Å². The Morgan fingerprint density at radius 2 is 2.15 bits per heavy atom. The van der Waals surface area contributed by atoms with Gasteiger partial charge in [0.15, 0.2) is 0 Å². The largest absolute Gasteiger partial charge is 0.364 e.